The second kappa shape index (κ2) is 10.8. The van der Waals surface area contributed by atoms with Crippen molar-refractivity contribution in [3.8, 4) is 0 Å². The predicted octanol–water partition coefficient (Wildman–Crippen LogP) is 5.98. The SMILES string of the molecule is CCCSCCP(=O)(CCc1ccccc1)CCc1ccccc1. The van der Waals surface area contributed by atoms with Gasteiger partial charge in [0.2, 0.25) is 0 Å². The third-order valence-corrected chi connectivity index (χ3v) is 8.90. The maximum absolute atomic E-state index is 13.5. The number of hydrogen-bond acceptors (Lipinski definition) is 2. The first-order chi connectivity index (χ1) is 11.7. The van der Waals surface area contributed by atoms with E-state index in [0.29, 0.717) is 0 Å². The number of benzene rings is 2. The first-order valence-corrected chi connectivity index (χ1v) is 12.4. The molecule has 0 unspecified atom stereocenters. The standard InChI is InChI=1S/C21H29OPS/c1-2-18-24-19-17-23(22,15-13-20-9-5-3-6-10-20)16-14-21-11-7-4-8-12-21/h3-12H,2,13-19H2,1H3. The van der Waals surface area contributed by atoms with Crippen LogP contribution in [-0.2, 0) is 17.4 Å². The predicted molar refractivity (Wildman–Crippen MR) is 110 cm³/mol. The summed E-state index contributed by atoms with van der Waals surface area (Å²) >= 11 is 1.95. The molecule has 0 bridgehead atoms. The Hall–Kier alpha value is -0.980. The number of hydrogen-bond donors (Lipinski definition) is 0. The minimum absolute atomic E-state index is 0.844. The van der Waals surface area contributed by atoms with Gasteiger partial charge in [-0.25, -0.2) is 0 Å². The van der Waals surface area contributed by atoms with Crippen molar-refractivity contribution in [2.75, 3.05) is 30.0 Å². The van der Waals surface area contributed by atoms with E-state index in [4.69, 9.17) is 0 Å². The molecule has 0 aliphatic heterocycles. The van der Waals surface area contributed by atoms with Gasteiger partial charge in [0, 0.05) is 24.2 Å². The summed E-state index contributed by atoms with van der Waals surface area (Å²) in [5.41, 5.74) is 2.61. The number of thioether (sulfide) groups is 1. The van der Waals surface area contributed by atoms with Crippen LogP contribution in [0.2, 0.25) is 0 Å². The summed E-state index contributed by atoms with van der Waals surface area (Å²) in [5.74, 6) is 2.21. The number of aryl methyl sites for hydroxylation is 2. The van der Waals surface area contributed by atoms with Gasteiger partial charge in [0.25, 0.3) is 0 Å². The summed E-state index contributed by atoms with van der Waals surface area (Å²) in [7, 11) is -2.11. The van der Waals surface area contributed by atoms with Gasteiger partial charge < -0.3 is 4.57 Å². The molecule has 3 heteroatoms. The highest BCUT2D eigenvalue weighted by molar-refractivity contribution is 7.99. The third-order valence-electron chi connectivity index (χ3n) is 4.29. The molecule has 0 atom stereocenters. The van der Waals surface area contributed by atoms with E-state index in [1.54, 1.807) is 0 Å². The highest BCUT2D eigenvalue weighted by Gasteiger charge is 2.21. The average molecular weight is 361 g/mol. The minimum Gasteiger partial charge on any atom is -0.324 e. The van der Waals surface area contributed by atoms with Gasteiger partial charge in [0.1, 0.15) is 0 Å². The molecule has 0 aliphatic carbocycles. The summed E-state index contributed by atoms with van der Waals surface area (Å²) in [6.07, 6.45) is 5.64. The Morgan fingerprint density at radius 1 is 0.750 bits per heavy atom. The van der Waals surface area contributed by atoms with E-state index in [9.17, 15) is 4.57 Å². The van der Waals surface area contributed by atoms with Crippen LogP contribution in [0.4, 0.5) is 0 Å². The highest BCUT2D eigenvalue weighted by Crippen LogP contribution is 2.47. The molecule has 0 radical (unpaired) electrons. The van der Waals surface area contributed by atoms with Crippen LogP contribution in [0.15, 0.2) is 60.7 Å². The van der Waals surface area contributed by atoms with E-state index in [1.807, 2.05) is 23.9 Å². The maximum atomic E-state index is 13.5. The molecular formula is C21H29OPS. The molecule has 2 aromatic carbocycles. The summed E-state index contributed by atoms with van der Waals surface area (Å²) in [6.45, 7) is 2.21. The molecule has 0 aliphatic rings. The van der Waals surface area contributed by atoms with Gasteiger partial charge in [-0.15, -0.1) is 0 Å². The molecule has 2 aromatic rings. The monoisotopic (exact) mass is 360 g/mol. The summed E-state index contributed by atoms with van der Waals surface area (Å²) in [5, 5.41) is 0. The Bertz CT molecular complexity index is 565. The Balaban J connectivity index is 1.93. The largest absolute Gasteiger partial charge is 0.324 e. The number of rotatable bonds is 11. The molecule has 0 saturated carbocycles. The van der Waals surface area contributed by atoms with Crippen LogP contribution < -0.4 is 0 Å². The second-order valence-electron chi connectivity index (χ2n) is 6.31. The first-order valence-electron chi connectivity index (χ1n) is 8.94. The fraction of sp³-hybridized carbons (Fsp3) is 0.429. The normalized spacial score (nSPS) is 11.5. The minimum atomic E-state index is -2.11. The Kier molecular flexibility index (Phi) is 8.70. The zero-order chi connectivity index (χ0) is 17.1. The van der Waals surface area contributed by atoms with Crippen LogP contribution in [0, 0.1) is 0 Å². The first kappa shape index (κ1) is 19.3. The molecule has 0 amide bonds. The molecule has 1 nitrogen and oxygen atoms in total. The lowest BCUT2D eigenvalue weighted by molar-refractivity contribution is 0.574. The van der Waals surface area contributed by atoms with E-state index in [1.165, 1.54) is 23.3 Å². The fourth-order valence-electron chi connectivity index (χ4n) is 2.77. The molecule has 130 valence electrons. The summed E-state index contributed by atoms with van der Waals surface area (Å²) in [4.78, 5) is 0. The maximum Gasteiger partial charge on any atom is 0.0892 e. The molecule has 0 spiro atoms. The Morgan fingerprint density at radius 2 is 1.25 bits per heavy atom. The van der Waals surface area contributed by atoms with Gasteiger partial charge in [-0.2, -0.15) is 11.8 Å². The molecule has 0 saturated heterocycles. The third kappa shape index (κ3) is 7.28. The van der Waals surface area contributed by atoms with Gasteiger partial charge in [0.05, 0.1) is 7.14 Å². The smallest absolute Gasteiger partial charge is 0.0892 e. The van der Waals surface area contributed by atoms with Gasteiger partial charge in [-0.1, -0.05) is 67.6 Å². The van der Waals surface area contributed by atoms with Crippen molar-refractivity contribution in [3.63, 3.8) is 0 Å². The van der Waals surface area contributed by atoms with Crippen molar-refractivity contribution < 1.29 is 4.57 Å². The molecule has 0 aromatic heterocycles. The van der Waals surface area contributed by atoms with Gasteiger partial charge >= 0.3 is 0 Å². The summed E-state index contributed by atoms with van der Waals surface area (Å²) < 4.78 is 13.5. The zero-order valence-electron chi connectivity index (χ0n) is 14.7. The van der Waals surface area contributed by atoms with E-state index in [0.717, 1.165) is 37.1 Å². The van der Waals surface area contributed by atoms with E-state index >= 15 is 0 Å². The van der Waals surface area contributed by atoms with Crippen molar-refractivity contribution in [1.29, 1.82) is 0 Å². The molecule has 0 heterocycles. The topological polar surface area (TPSA) is 17.1 Å². The zero-order valence-corrected chi connectivity index (χ0v) is 16.4. The van der Waals surface area contributed by atoms with Gasteiger partial charge in [0.15, 0.2) is 0 Å². The fourth-order valence-corrected chi connectivity index (χ4v) is 7.11. The quantitative estimate of drug-likeness (QED) is 0.362. The van der Waals surface area contributed by atoms with Gasteiger partial charge in [-0.05, 0) is 36.1 Å². The van der Waals surface area contributed by atoms with E-state index in [-0.39, 0.29) is 0 Å². The van der Waals surface area contributed by atoms with Crippen molar-refractivity contribution >= 4 is 18.9 Å². The molecule has 0 N–H and O–H groups in total. The molecular weight excluding hydrogens is 331 g/mol. The lowest BCUT2D eigenvalue weighted by Gasteiger charge is -2.18. The average Bonchev–Trinajstić information content (AvgIpc) is 2.64. The van der Waals surface area contributed by atoms with Crippen LogP contribution in [-0.4, -0.2) is 30.0 Å². The van der Waals surface area contributed by atoms with Crippen molar-refractivity contribution in [2.45, 2.75) is 26.2 Å². The summed E-state index contributed by atoms with van der Waals surface area (Å²) in [6, 6.07) is 21.0. The van der Waals surface area contributed by atoms with E-state index < -0.39 is 7.14 Å². The van der Waals surface area contributed by atoms with Crippen LogP contribution in [0.25, 0.3) is 0 Å². The van der Waals surface area contributed by atoms with Crippen molar-refractivity contribution in [2.24, 2.45) is 0 Å². The van der Waals surface area contributed by atoms with Crippen molar-refractivity contribution in [3.05, 3.63) is 71.8 Å². The molecule has 2 rings (SSSR count). The van der Waals surface area contributed by atoms with E-state index in [2.05, 4.69) is 55.5 Å². The highest BCUT2D eigenvalue weighted by atomic mass is 32.2. The van der Waals surface area contributed by atoms with Gasteiger partial charge in [-0.3, -0.25) is 0 Å². The molecule has 24 heavy (non-hydrogen) atoms. The van der Waals surface area contributed by atoms with Crippen molar-refractivity contribution in [1.82, 2.24) is 0 Å². The van der Waals surface area contributed by atoms with Crippen LogP contribution in [0.3, 0.4) is 0 Å². The van der Waals surface area contributed by atoms with Crippen LogP contribution in [0.5, 0.6) is 0 Å². The van der Waals surface area contributed by atoms with Crippen LogP contribution in [0.1, 0.15) is 24.5 Å². The van der Waals surface area contributed by atoms with Crippen LogP contribution >= 0.6 is 18.9 Å². The lowest BCUT2D eigenvalue weighted by atomic mass is 10.2. The lowest BCUT2D eigenvalue weighted by Crippen LogP contribution is -2.07. The Morgan fingerprint density at radius 3 is 1.71 bits per heavy atom. The molecule has 0 fully saturated rings. The second-order valence-corrected chi connectivity index (χ2v) is 11.0. The Labute approximate surface area is 151 Å².